The number of rotatable bonds is 4. The smallest absolute Gasteiger partial charge is 0.263 e. The van der Waals surface area contributed by atoms with E-state index in [0.717, 1.165) is 18.4 Å². The van der Waals surface area contributed by atoms with Crippen LogP contribution < -0.4 is 0 Å². The Morgan fingerprint density at radius 3 is 2.76 bits per heavy atom. The zero-order valence-corrected chi connectivity index (χ0v) is 9.69. The van der Waals surface area contributed by atoms with E-state index < -0.39 is 0 Å². The Morgan fingerprint density at radius 1 is 1.41 bits per heavy atom. The molecular weight excluding hydrogens is 214 g/mol. The largest absolute Gasteiger partial charge is 0.442 e. The summed E-state index contributed by atoms with van der Waals surface area (Å²) in [6.45, 7) is 7.56. The molecule has 3 nitrogen and oxygen atoms in total. The van der Waals surface area contributed by atoms with E-state index in [1.165, 1.54) is 18.0 Å². The fraction of sp³-hybridized carbons (Fsp3) is 0.286. The maximum atomic E-state index is 12.1. The lowest BCUT2D eigenvalue weighted by molar-refractivity contribution is 0.0874. The molecule has 0 bridgehead atoms. The lowest BCUT2D eigenvalue weighted by atomic mass is 9.81. The van der Waals surface area contributed by atoms with Gasteiger partial charge in [-0.25, -0.2) is 4.98 Å². The number of Topliss-reactive ketones (excluding diaryl/α,β-unsaturated/α-hetero) is 1. The molecule has 1 aromatic rings. The van der Waals surface area contributed by atoms with E-state index in [1.54, 1.807) is 0 Å². The van der Waals surface area contributed by atoms with Crippen LogP contribution in [0.1, 0.15) is 29.9 Å². The van der Waals surface area contributed by atoms with Crippen LogP contribution in [0.2, 0.25) is 0 Å². The molecule has 0 saturated heterocycles. The Morgan fingerprint density at radius 2 is 2.18 bits per heavy atom. The van der Waals surface area contributed by atoms with Crippen LogP contribution in [-0.4, -0.2) is 10.8 Å². The summed E-state index contributed by atoms with van der Waals surface area (Å²) in [5.74, 6) is 0.142. The van der Waals surface area contributed by atoms with Gasteiger partial charge in [0.15, 0.2) is 0 Å². The van der Waals surface area contributed by atoms with Crippen LogP contribution in [0, 0.1) is 5.92 Å². The van der Waals surface area contributed by atoms with E-state index in [0.29, 0.717) is 6.42 Å². The van der Waals surface area contributed by atoms with Crippen molar-refractivity contribution in [1.82, 2.24) is 4.98 Å². The Labute approximate surface area is 101 Å². The quantitative estimate of drug-likeness (QED) is 0.744. The second-order valence-electron chi connectivity index (χ2n) is 4.10. The summed E-state index contributed by atoms with van der Waals surface area (Å²) >= 11 is 0. The average molecular weight is 229 g/mol. The summed E-state index contributed by atoms with van der Waals surface area (Å²) < 4.78 is 5.05. The van der Waals surface area contributed by atoms with Gasteiger partial charge in [0.1, 0.15) is 6.26 Å². The first-order valence-electron chi connectivity index (χ1n) is 5.67. The zero-order chi connectivity index (χ0) is 12.3. The highest BCUT2D eigenvalue weighted by atomic mass is 16.3. The summed E-state index contributed by atoms with van der Waals surface area (Å²) in [5, 5.41) is 0. The van der Waals surface area contributed by atoms with Crippen molar-refractivity contribution < 1.29 is 9.21 Å². The van der Waals surface area contributed by atoms with Crippen LogP contribution in [-0.2, 0) is 0 Å². The van der Waals surface area contributed by atoms with Crippen LogP contribution >= 0.6 is 0 Å². The molecule has 1 heterocycles. The van der Waals surface area contributed by atoms with Crippen LogP contribution in [0.3, 0.4) is 0 Å². The first kappa shape index (κ1) is 11.6. The molecule has 1 aromatic heterocycles. The lowest BCUT2D eigenvalue weighted by Gasteiger charge is -2.22. The van der Waals surface area contributed by atoms with Gasteiger partial charge < -0.3 is 4.42 Å². The topological polar surface area (TPSA) is 43.1 Å². The number of nitrogens with zero attached hydrogens (tertiary/aromatic N) is 1. The molecule has 1 aliphatic rings. The minimum Gasteiger partial charge on any atom is -0.442 e. The average Bonchev–Trinajstić information content (AvgIpc) is 2.90. The lowest BCUT2D eigenvalue weighted by Crippen LogP contribution is -2.19. The van der Waals surface area contributed by atoms with Crippen molar-refractivity contribution in [2.24, 2.45) is 5.92 Å². The summed E-state index contributed by atoms with van der Waals surface area (Å²) in [5.41, 5.74) is 2.30. The Hall–Kier alpha value is -1.90. The summed E-state index contributed by atoms with van der Waals surface area (Å²) in [4.78, 5) is 16.0. The van der Waals surface area contributed by atoms with E-state index in [2.05, 4.69) is 18.1 Å². The van der Waals surface area contributed by atoms with Gasteiger partial charge in [0.25, 0.3) is 5.89 Å². The normalized spacial score (nSPS) is 20.1. The maximum Gasteiger partial charge on any atom is 0.263 e. The SMILES string of the molecule is C=CC1=C(C=C)CC(C(=O)c2ncco2)CC1. The van der Waals surface area contributed by atoms with Crippen molar-refractivity contribution >= 4 is 5.78 Å². The standard InChI is InChI=1S/C14H15NO2/c1-3-10-5-6-12(9-11(10)4-2)13(16)14-15-7-8-17-14/h3-4,7-8,12H,1-2,5-6,9H2. The number of carbonyl (C=O) groups is 1. The number of aromatic nitrogens is 1. The Balaban J connectivity index is 2.17. The highest BCUT2D eigenvalue weighted by Gasteiger charge is 2.27. The highest BCUT2D eigenvalue weighted by Crippen LogP contribution is 2.32. The van der Waals surface area contributed by atoms with Crippen LogP contribution in [0.5, 0.6) is 0 Å². The van der Waals surface area contributed by atoms with Crippen LogP contribution in [0.25, 0.3) is 0 Å². The van der Waals surface area contributed by atoms with Gasteiger partial charge in [-0.2, -0.15) is 0 Å². The van der Waals surface area contributed by atoms with E-state index in [1.807, 2.05) is 12.2 Å². The Kier molecular flexibility index (Phi) is 3.38. The van der Waals surface area contributed by atoms with Gasteiger partial charge in [-0.1, -0.05) is 25.3 Å². The van der Waals surface area contributed by atoms with Crippen molar-refractivity contribution in [3.8, 4) is 0 Å². The second-order valence-corrected chi connectivity index (χ2v) is 4.10. The Bertz CT molecular complexity index is 468. The third-order valence-corrected chi connectivity index (χ3v) is 3.15. The fourth-order valence-electron chi connectivity index (χ4n) is 2.18. The van der Waals surface area contributed by atoms with Gasteiger partial charge in [-0.15, -0.1) is 0 Å². The number of allylic oxidation sites excluding steroid dienone is 4. The van der Waals surface area contributed by atoms with Crippen molar-refractivity contribution in [2.75, 3.05) is 0 Å². The molecule has 0 aliphatic heterocycles. The number of ketones is 1. The van der Waals surface area contributed by atoms with Gasteiger partial charge in [-0.3, -0.25) is 4.79 Å². The molecule has 1 unspecified atom stereocenters. The van der Waals surface area contributed by atoms with Gasteiger partial charge >= 0.3 is 0 Å². The molecule has 2 rings (SSSR count). The van der Waals surface area contributed by atoms with Gasteiger partial charge in [0, 0.05) is 5.92 Å². The molecule has 88 valence electrons. The van der Waals surface area contributed by atoms with Gasteiger partial charge in [0.2, 0.25) is 5.78 Å². The van der Waals surface area contributed by atoms with E-state index >= 15 is 0 Å². The maximum absolute atomic E-state index is 12.1. The van der Waals surface area contributed by atoms with Crippen molar-refractivity contribution in [2.45, 2.75) is 19.3 Å². The number of hydrogen-bond donors (Lipinski definition) is 0. The molecule has 0 radical (unpaired) electrons. The van der Waals surface area contributed by atoms with Gasteiger partial charge in [-0.05, 0) is 30.4 Å². The molecule has 0 spiro atoms. The number of carbonyl (C=O) groups excluding carboxylic acids is 1. The predicted octanol–water partition coefficient (Wildman–Crippen LogP) is 3.33. The monoisotopic (exact) mass is 229 g/mol. The number of hydrogen-bond acceptors (Lipinski definition) is 3. The van der Waals surface area contributed by atoms with E-state index in [9.17, 15) is 4.79 Å². The third-order valence-electron chi connectivity index (χ3n) is 3.15. The fourth-order valence-corrected chi connectivity index (χ4v) is 2.18. The van der Waals surface area contributed by atoms with Crippen molar-refractivity contribution in [3.05, 3.63) is 54.8 Å². The van der Waals surface area contributed by atoms with E-state index in [-0.39, 0.29) is 17.6 Å². The molecule has 0 fully saturated rings. The molecule has 1 atom stereocenters. The van der Waals surface area contributed by atoms with Crippen LogP contribution in [0.4, 0.5) is 0 Å². The first-order valence-corrected chi connectivity index (χ1v) is 5.67. The molecule has 0 aromatic carbocycles. The predicted molar refractivity (Wildman–Crippen MR) is 65.6 cm³/mol. The minimum atomic E-state index is -0.0506. The third kappa shape index (κ3) is 2.28. The molecule has 3 heteroatoms. The molecule has 1 aliphatic carbocycles. The van der Waals surface area contributed by atoms with Gasteiger partial charge in [0.05, 0.1) is 6.20 Å². The van der Waals surface area contributed by atoms with Crippen molar-refractivity contribution in [1.29, 1.82) is 0 Å². The molecular formula is C14H15NO2. The van der Waals surface area contributed by atoms with Crippen LogP contribution in [0.15, 0.2) is 53.3 Å². The summed E-state index contributed by atoms with van der Waals surface area (Å²) in [7, 11) is 0. The molecule has 0 saturated carbocycles. The second kappa shape index (κ2) is 4.95. The minimum absolute atomic E-state index is 0.0162. The van der Waals surface area contributed by atoms with E-state index in [4.69, 9.17) is 4.42 Å². The summed E-state index contributed by atoms with van der Waals surface area (Å²) in [6.07, 6.45) is 8.97. The van der Waals surface area contributed by atoms with Crippen molar-refractivity contribution in [3.63, 3.8) is 0 Å². The molecule has 17 heavy (non-hydrogen) atoms. The number of oxazole rings is 1. The highest BCUT2D eigenvalue weighted by molar-refractivity contribution is 5.94. The summed E-state index contributed by atoms with van der Waals surface area (Å²) in [6, 6.07) is 0. The zero-order valence-electron chi connectivity index (χ0n) is 9.69. The first-order chi connectivity index (χ1) is 8.26. The molecule has 0 amide bonds. The molecule has 0 N–H and O–H groups in total.